The van der Waals surface area contributed by atoms with Crippen LogP contribution >= 0.6 is 38.9 Å². The molecule has 23 heavy (non-hydrogen) atoms. The van der Waals surface area contributed by atoms with E-state index in [1.807, 2.05) is 30.3 Å². The van der Waals surface area contributed by atoms with Gasteiger partial charge in [-0.2, -0.15) is 4.99 Å². The van der Waals surface area contributed by atoms with Crippen LogP contribution in [0.5, 0.6) is 0 Å². The molecular formula is C17H14BrClN2OS. The standard InChI is InChI=1S/C17H14BrClN2OS/c1-2-9-21-14-8-7-13(19)10-15(14)23-17(21)20-16(22)11-3-5-12(18)6-4-11/h3-8,10H,2,9H2,1H3. The zero-order valence-corrected chi connectivity index (χ0v) is 15.6. The Morgan fingerprint density at radius 2 is 2.00 bits per heavy atom. The van der Waals surface area contributed by atoms with Gasteiger partial charge >= 0.3 is 0 Å². The van der Waals surface area contributed by atoms with Gasteiger partial charge in [0.05, 0.1) is 10.2 Å². The molecule has 0 radical (unpaired) electrons. The van der Waals surface area contributed by atoms with Crippen molar-refractivity contribution in [1.82, 2.24) is 4.57 Å². The molecule has 0 fully saturated rings. The van der Waals surface area contributed by atoms with Crippen LogP contribution in [0.2, 0.25) is 5.02 Å². The third-order valence-corrected chi connectivity index (χ3v) is 5.19. The van der Waals surface area contributed by atoms with Crippen molar-refractivity contribution in [3.05, 3.63) is 62.3 Å². The molecule has 0 aliphatic heterocycles. The molecule has 0 N–H and O–H groups in total. The number of hydrogen-bond donors (Lipinski definition) is 0. The number of aryl methyl sites for hydroxylation is 1. The van der Waals surface area contributed by atoms with Crippen LogP contribution in [0.15, 0.2) is 51.9 Å². The Balaban J connectivity index is 2.12. The molecular weight excluding hydrogens is 396 g/mol. The molecule has 1 amide bonds. The number of benzene rings is 2. The van der Waals surface area contributed by atoms with Gasteiger partial charge in [0.15, 0.2) is 4.80 Å². The number of nitrogens with zero attached hydrogens (tertiary/aromatic N) is 2. The van der Waals surface area contributed by atoms with Crippen LogP contribution in [0.1, 0.15) is 23.7 Å². The zero-order valence-electron chi connectivity index (χ0n) is 12.4. The Labute approximate surface area is 151 Å². The summed E-state index contributed by atoms with van der Waals surface area (Å²) >= 11 is 10.9. The third-order valence-electron chi connectivity index (χ3n) is 3.38. The molecule has 0 bridgehead atoms. The van der Waals surface area contributed by atoms with E-state index in [4.69, 9.17) is 11.6 Å². The van der Waals surface area contributed by atoms with E-state index in [0.717, 1.165) is 27.7 Å². The first-order valence-corrected chi connectivity index (χ1v) is 9.20. The maximum Gasteiger partial charge on any atom is 0.279 e. The quantitative estimate of drug-likeness (QED) is 0.580. The van der Waals surface area contributed by atoms with Crippen molar-refractivity contribution in [1.29, 1.82) is 0 Å². The Morgan fingerprint density at radius 1 is 1.26 bits per heavy atom. The highest BCUT2D eigenvalue weighted by Crippen LogP contribution is 2.22. The fraction of sp³-hybridized carbons (Fsp3) is 0.176. The lowest BCUT2D eigenvalue weighted by atomic mass is 10.2. The van der Waals surface area contributed by atoms with Gasteiger partial charge in [0.2, 0.25) is 0 Å². The molecule has 0 saturated carbocycles. The van der Waals surface area contributed by atoms with Gasteiger partial charge < -0.3 is 4.57 Å². The first-order chi connectivity index (χ1) is 11.1. The summed E-state index contributed by atoms with van der Waals surface area (Å²) in [4.78, 5) is 17.4. The molecule has 6 heteroatoms. The molecule has 118 valence electrons. The highest BCUT2D eigenvalue weighted by atomic mass is 79.9. The molecule has 0 spiro atoms. The summed E-state index contributed by atoms with van der Waals surface area (Å²) in [5, 5.41) is 0.688. The van der Waals surface area contributed by atoms with E-state index in [1.165, 1.54) is 11.3 Å². The number of carbonyl (C=O) groups excluding carboxylic acids is 1. The Hall–Kier alpha value is -1.43. The molecule has 0 unspecified atom stereocenters. The molecule has 3 aromatic rings. The number of carbonyl (C=O) groups is 1. The second-order valence-corrected chi connectivity index (χ2v) is 7.43. The van der Waals surface area contributed by atoms with E-state index in [-0.39, 0.29) is 5.91 Å². The van der Waals surface area contributed by atoms with Gasteiger partial charge in [-0.1, -0.05) is 45.8 Å². The Bertz CT molecular complexity index is 928. The number of fused-ring (bicyclic) bond motifs is 1. The lowest BCUT2D eigenvalue weighted by Crippen LogP contribution is -2.16. The van der Waals surface area contributed by atoms with Crippen LogP contribution in [-0.2, 0) is 6.54 Å². The van der Waals surface area contributed by atoms with Gasteiger partial charge in [-0.25, -0.2) is 0 Å². The number of rotatable bonds is 3. The van der Waals surface area contributed by atoms with Crippen LogP contribution < -0.4 is 4.80 Å². The first kappa shape index (κ1) is 16.4. The smallest absolute Gasteiger partial charge is 0.279 e. The highest BCUT2D eigenvalue weighted by Gasteiger charge is 2.09. The van der Waals surface area contributed by atoms with E-state index in [9.17, 15) is 4.79 Å². The number of thiazole rings is 1. The summed E-state index contributed by atoms with van der Waals surface area (Å²) in [6, 6.07) is 13.0. The van der Waals surface area contributed by atoms with Gasteiger partial charge in [0.25, 0.3) is 5.91 Å². The normalized spacial score (nSPS) is 12.0. The Kier molecular flexibility index (Phi) is 4.99. The van der Waals surface area contributed by atoms with E-state index in [2.05, 4.69) is 32.4 Å². The minimum atomic E-state index is -0.236. The summed E-state index contributed by atoms with van der Waals surface area (Å²) < 4.78 is 4.05. The molecule has 0 atom stereocenters. The number of halogens is 2. The number of hydrogen-bond acceptors (Lipinski definition) is 2. The van der Waals surface area contributed by atoms with Crippen molar-refractivity contribution in [2.45, 2.75) is 19.9 Å². The van der Waals surface area contributed by atoms with Crippen LogP contribution in [0.3, 0.4) is 0 Å². The number of aromatic nitrogens is 1. The van der Waals surface area contributed by atoms with Gasteiger partial charge in [-0.3, -0.25) is 4.79 Å². The van der Waals surface area contributed by atoms with Crippen LogP contribution in [0.25, 0.3) is 10.2 Å². The first-order valence-electron chi connectivity index (χ1n) is 7.22. The lowest BCUT2D eigenvalue weighted by Gasteiger charge is -2.02. The second kappa shape index (κ2) is 6.99. The Morgan fingerprint density at radius 3 is 2.70 bits per heavy atom. The van der Waals surface area contributed by atoms with Gasteiger partial charge in [-0.15, -0.1) is 0 Å². The molecule has 1 heterocycles. The zero-order chi connectivity index (χ0) is 16.4. The average molecular weight is 410 g/mol. The molecule has 3 rings (SSSR count). The lowest BCUT2D eigenvalue weighted by molar-refractivity contribution is 0.0998. The summed E-state index contributed by atoms with van der Waals surface area (Å²) in [6.45, 7) is 2.92. The van der Waals surface area contributed by atoms with Gasteiger partial charge in [0, 0.05) is 21.6 Å². The van der Waals surface area contributed by atoms with Crippen molar-refractivity contribution in [2.24, 2.45) is 4.99 Å². The fourth-order valence-electron chi connectivity index (χ4n) is 2.32. The monoisotopic (exact) mass is 408 g/mol. The summed E-state index contributed by atoms with van der Waals surface area (Å²) in [6.07, 6.45) is 0.966. The second-order valence-electron chi connectivity index (χ2n) is 5.07. The third kappa shape index (κ3) is 3.57. The van der Waals surface area contributed by atoms with Crippen molar-refractivity contribution < 1.29 is 4.79 Å². The van der Waals surface area contributed by atoms with Gasteiger partial charge in [0.1, 0.15) is 0 Å². The summed E-state index contributed by atoms with van der Waals surface area (Å²) in [7, 11) is 0. The predicted octanol–water partition coefficient (Wildman–Crippen LogP) is 5.27. The molecule has 0 aliphatic rings. The molecule has 0 saturated heterocycles. The minimum absolute atomic E-state index is 0.236. The summed E-state index contributed by atoms with van der Waals surface area (Å²) in [5.41, 5.74) is 1.63. The van der Waals surface area contributed by atoms with Gasteiger partial charge in [-0.05, 0) is 48.9 Å². The average Bonchev–Trinajstić information content (AvgIpc) is 2.85. The SMILES string of the molecule is CCCn1c(=NC(=O)c2ccc(Br)cc2)sc2cc(Cl)ccc21. The minimum Gasteiger partial charge on any atom is -0.316 e. The fourth-order valence-corrected chi connectivity index (χ4v) is 3.91. The maximum atomic E-state index is 12.4. The predicted molar refractivity (Wildman–Crippen MR) is 99.2 cm³/mol. The van der Waals surface area contributed by atoms with E-state index < -0.39 is 0 Å². The molecule has 0 aliphatic carbocycles. The number of amides is 1. The topological polar surface area (TPSA) is 34.4 Å². The van der Waals surface area contributed by atoms with E-state index in [1.54, 1.807) is 12.1 Å². The molecule has 3 nitrogen and oxygen atoms in total. The van der Waals surface area contributed by atoms with Crippen molar-refractivity contribution in [3.63, 3.8) is 0 Å². The largest absolute Gasteiger partial charge is 0.316 e. The summed E-state index contributed by atoms with van der Waals surface area (Å²) in [5.74, 6) is -0.236. The van der Waals surface area contributed by atoms with Crippen LogP contribution in [0, 0.1) is 0 Å². The molecule has 2 aromatic carbocycles. The van der Waals surface area contributed by atoms with Crippen LogP contribution in [-0.4, -0.2) is 10.5 Å². The van der Waals surface area contributed by atoms with Crippen molar-refractivity contribution in [2.75, 3.05) is 0 Å². The maximum absolute atomic E-state index is 12.4. The van der Waals surface area contributed by atoms with Crippen molar-refractivity contribution in [3.8, 4) is 0 Å². The van der Waals surface area contributed by atoms with E-state index >= 15 is 0 Å². The highest BCUT2D eigenvalue weighted by molar-refractivity contribution is 9.10. The van der Waals surface area contributed by atoms with E-state index in [0.29, 0.717) is 15.4 Å². The molecule has 1 aromatic heterocycles. The van der Waals surface area contributed by atoms with Crippen molar-refractivity contribution >= 4 is 55.0 Å². The van der Waals surface area contributed by atoms with Crippen LogP contribution in [0.4, 0.5) is 0 Å².